The van der Waals surface area contributed by atoms with Crippen LogP contribution in [0.5, 0.6) is 0 Å². The van der Waals surface area contributed by atoms with Crippen molar-refractivity contribution < 1.29 is 4.39 Å². The highest BCUT2D eigenvalue weighted by molar-refractivity contribution is 5.80. The Balaban J connectivity index is 1.89. The van der Waals surface area contributed by atoms with Crippen molar-refractivity contribution in [2.75, 3.05) is 5.43 Å². The van der Waals surface area contributed by atoms with Crippen molar-refractivity contribution in [3.8, 4) is 29.7 Å². The molecule has 0 fully saturated rings. The van der Waals surface area contributed by atoms with Gasteiger partial charge in [0.05, 0.1) is 17.5 Å². The molecule has 7 heteroatoms. The molecule has 1 aromatic heterocycles. The Hall–Kier alpha value is -4.23. The molecule has 27 heavy (non-hydrogen) atoms. The van der Waals surface area contributed by atoms with Gasteiger partial charge in [-0.05, 0) is 17.7 Å². The van der Waals surface area contributed by atoms with Gasteiger partial charge in [0.2, 0.25) is 5.95 Å². The van der Waals surface area contributed by atoms with Gasteiger partial charge in [0, 0.05) is 5.56 Å². The molecule has 0 saturated heterocycles. The second-order valence-corrected chi connectivity index (χ2v) is 5.37. The van der Waals surface area contributed by atoms with Crippen LogP contribution in [0.1, 0.15) is 16.7 Å². The number of aromatic nitrogens is 2. The Morgan fingerprint density at radius 2 is 2.04 bits per heavy atom. The predicted molar refractivity (Wildman–Crippen MR) is 101 cm³/mol. The van der Waals surface area contributed by atoms with Gasteiger partial charge in [-0.2, -0.15) is 10.4 Å². The minimum Gasteiger partial charge on any atom is -0.290 e. The van der Waals surface area contributed by atoms with Crippen molar-refractivity contribution in [3.05, 3.63) is 81.4 Å². The lowest BCUT2D eigenvalue weighted by molar-refractivity contribution is 0.624. The van der Waals surface area contributed by atoms with Crippen molar-refractivity contribution in [1.29, 1.82) is 5.26 Å². The van der Waals surface area contributed by atoms with Crippen LogP contribution in [-0.4, -0.2) is 16.2 Å². The third-order valence-electron chi connectivity index (χ3n) is 3.61. The molecule has 0 amide bonds. The van der Waals surface area contributed by atoms with Crippen molar-refractivity contribution >= 4 is 12.2 Å². The smallest absolute Gasteiger partial charge is 0.270 e. The van der Waals surface area contributed by atoms with Crippen LogP contribution >= 0.6 is 0 Å². The van der Waals surface area contributed by atoms with E-state index in [1.165, 1.54) is 18.3 Å². The molecule has 0 spiro atoms. The molecule has 6 nitrogen and oxygen atoms in total. The van der Waals surface area contributed by atoms with Gasteiger partial charge in [-0.25, -0.2) is 14.8 Å². The summed E-state index contributed by atoms with van der Waals surface area (Å²) in [4.78, 5) is 18.8. The topological polar surface area (TPSA) is 93.9 Å². The molecule has 2 aromatic carbocycles. The maximum Gasteiger partial charge on any atom is 0.270 e. The van der Waals surface area contributed by atoms with Crippen molar-refractivity contribution in [3.63, 3.8) is 0 Å². The van der Waals surface area contributed by atoms with E-state index >= 15 is 0 Å². The zero-order chi connectivity index (χ0) is 19.2. The van der Waals surface area contributed by atoms with E-state index in [0.717, 1.165) is 0 Å². The fourth-order valence-electron chi connectivity index (χ4n) is 2.33. The van der Waals surface area contributed by atoms with Gasteiger partial charge in [0.25, 0.3) is 5.56 Å². The molecular formula is C20H12FN5O. The quantitative estimate of drug-likeness (QED) is 0.426. The summed E-state index contributed by atoms with van der Waals surface area (Å²) in [5, 5.41) is 13.2. The van der Waals surface area contributed by atoms with E-state index in [0.29, 0.717) is 11.1 Å². The van der Waals surface area contributed by atoms with Gasteiger partial charge >= 0.3 is 0 Å². The number of hydrogen-bond acceptors (Lipinski definition) is 5. The first-order valence-corrected chi connectivity index (χ1v) is 7.77. The third-order valence-corrected chi connectivity index (χ3v) is 3.61. The van der Waals surface area contributed by atoms with Crippen LogP contribution in [0.4, 0.5) is 10.3 Å². The van der Waals surface area contributed by atoms with E-state index in [1.807, 2.05) is 12.1 Å². The fourth-order valence-corrected chi connectivity index (χ4v) is 2.33. The normalized spacial score (nSPS) is 10.3. The standard InChI is InChI=1S/C20H12FN5O/c1-2-14-9-8-13(10-17(14)21)12-23-26-20-24-18(15-6-4-3-5-7-15)16(11-22)19(27)25-20/h1,3-10,12H,(H2,24,25,26,27). The molecule has 3 rings (SSSR count). The van der Waals surface area contributed by atoms with Crippen LogP contribution in [0.3, 0.4) is 0 Å². The summed E-state index contributed by atoms with van der Waals surface area (Å²) in [6, 6.07) is 15.0. The number of hydrogen-bond donors (Lipinski definition) is 2. The maximum absolute atomic E-state index is 13.7. The molecule has 0 atom stereocenters. The third kappa shape index (κ3) is 3.89. The molecule has 0 aliphatic rings. The SMILES string of the molecule is C#Cc1ccc(C=NNc2nc(-c3ccccc3)c(C#N)c(=O)[nH]2)cc1F. The number of hydrazone groups is 1. The number of halogens is 1. The highest BCUT2D eigenvalue weighted by atomic mass is 19.1. The Morgan fingerprint density at radius 3 is 2.70 bits per heavy atom. The average Bonchev–Trinajstić information content (AvgIpc) is 2.68. The van der Waals surface area contributed by atoms with Crippen LogP contribution in [0, 0.1) is 29.5 Å². The summed E-state index contributed by atoms with van der Waals surface area (Å²) < 4.78 is 13.7. The number of nitrogens with one attached hydrogen (secondary N) is 2. The molecule has 0 aliphatic carbocycles. The van der Waals surface area contributed by atoms with Gasteiger partial charge in [-0.1, -0.05) is 42.3 Å². The molecule has 2 N–H and O–H groups in total. The molecule has 130 valence electrons. The number of nitrogens with zero attached hydrogens (tertiary/aromatic N) is 3. The number of aromatic amines is 1. The summed E-state index contributed by atoms with van der Waals surface area (Å²) >= 11 is 0. The number of benzene rings is 2. The van der Waals surface area contributed by atoms with Crippen LogP contribution in [0.25, 0.3) is 11.3 Å². The van der Waals surface area contributed by atoms with Crippen molar-refractivity contribution in [2.24, 2.45) is 5.10 Å². The molecule has 3 aromatic rings. The van der Waals surface area contributed by atoms with Crippen LogP contribution in [-0.2, 0) is 0 Å². The van der Waals surface area contributed by atoms with E-state index in [4.69, 9.17) is 6.42 Å². The Labute approximate surface area is 154 Å². The lowest BCUT2D eigenvalue weighted by Crippen LogP contribution is -2.16. The fraction of sp³-hybridized carbons (Fsp3) is 0. The minimum absolute atomic E-state index is 0.0508. The van der Waals surface area contributed by atoms with E-state index in [2.05, 4.69) is 26.4 Å². The average molecular weight is 357 g/mol. The highest BCUT2D eigenvalue weighted by Crippen LogP contribution is 2.19. The van der Waals surface area contributed by atoms with E-state index < -0.39 is 11.4 Å². The molecular weight excluding hydrogens is 345 g/mol. The number of anilines is 1. The lowest BCUT2D eigenvalue weighted by Gasteiger charge is -2.06. The van der Waals surface area contributed by atoms with Gasteiger partial charge in [0.15, 0.2) is 0 Å². The second-order valence-electron chi connectivity index (χ2n) is 5.37. The zero-order valence-electron chi connectivity index (χ0n) is 13.9. The van der Waals surface area contributed by atoms with Crippen LogP contribution in [0.15, 0.2) is 58.4 Å². The zero-order valence-corrected chi connectivity index (χ0v) is 13.9. The molecule has 0 bridgehead atoms. The summed E-state index contributed by atoms with van der Waals surface area (Å²) in [6.07, 6.45) is 6.53. The number of H-pyrrole nitrogens is 1. The number of terminal acetylenes is 1. The number of rotatable bonds is 4. The van der Waals surface area contributed by atoms with E-state index in [9.17, 15) is 14.4 Å². The van der Waals surface area contributed by atoms with E-state index in [1.54, 1.807) is 30.3 Å². The predicted octanol–water partition coefficient (Wildman–Crippen LogP) is 2.87. The first-order chi connectivity index (χ1) is 13.1. The monoisotopic (exact) mass is 357 g/mol. The molecule has 0 aliphatic heterocycles. The number of nitriles is 1. The Morgan fingerprint density at radius 1 is 1.26 bits per heavy atom. The maximum atomic E-state index is 13.7. The Bertz CT molecular complexity index is 1150. The first-order valence-electron chi connectivity index (χ1n) is 7.77. The second kappa shape index (κ2) is 7.77. The van der Waals surface area contributed by atoms with Crippen molar-refractivity contribution in [2.45, 2.75) is 0 Å². The van der Waals surface area contributed by atoms with Gasteiger partial charge in [0.1, 0.15) is 17.4 Å². The van der Waals surface area contributed by atoms with Gasteiger partial charge in [-0.15, -0.1) is 6.42 Å². The summed E-state index contributed by atoms with van der Waals surface area (Å²) in [6.45, 7) is 0. The summed E-state index contributed by atoms with van der Waals surface area (Å²) in [5.74, 6) is 1.75. The van der Waals surface area contributed by atoms with Crippen LogP contribution < -0.4 is 11.0 Å². The van der Waals surface area contributed by atoms with Crippen molar-refractivity contribution in [1.82, 2.24) is 9.97 Å². The summed E-state index contributed by atoms with van der Waals surface area (Å²) in [7, 11) is 0. The minimum atomic E-state index is -0.589. The van der Waals surface area contributed by atoms with E-state index in [-0.39, 0.29) is 22.8 Å². The lowest BCUT2D eigenvalue weighted by atomic mass is 10.1. The van der Waals surface area contributed by atoms with Gasteiger partial charge < -0.3 is 0 Å². The molecule has 1 heterocycles. The summed E-state index contributed by atoms with van der Waals surface area (Å²) in [5.41, 5.74) is 3.38. The molecule has 0 unspecified atom stereocenters. The largest absolute Gasteiger partial charge is 0.290 e. The Kier molecular flexibility index (Phi) is 5.06. The van der Waals surface area contributed by atoms with Gasteiger partial charge in [-0.3, -0.25) is 9.78 Å². The highest BCUT2D eigenvalue weighted by Gasteiger charge is 2.12. The van der Waals surface area contributed by atoms with Crippen LogP contribution in [0.2, 0.25) is 0 Å². The molecule has 0 saturated carbocycles. The first kappa shape index (κ1) is 17.6. The molecule has 0 radical (unpaired) electrons.